The molecule has 0 fully saturated rings. The molecule has 0 spiro atoms. The summed E-state index contributed by atoms with van der Waals surface area (Å²) in [4.78, 5) is 22.8. The lowest BCUT2D eigenvalue weighted by atomic mass is 10.0. The van der Waals surface area contributed by atoms with Gasteiger partial charge in [0.1, 0.15) is 17.1 Å². The lowest BCUT2D eigenvalue weighted by Crippen LogP contribution is -2.10. The highest BCUT2D eigenvalue weighted by atomic mass is 16.5. The number of ether oxygens (including phenoxy) is 1. The van der Waals surface area contributed by atoms with Gasteiger partial charge < -0.3 is 15.6 Å². The molecular formula is C19H15N3O4. The number of nitrogens with zero attached hydrogens (tertiary/aromatic N) is 2. The van der Waals surface area contributed by atoms with Crippen LogP contribution < -0.4 is 10.5 Å². The lowest BCUT2D eigenvalue weighted by molar-refractivity contribution is 0.100. The quantitative estimate of drug-likeness (QED) is 0.537. The summed E-state index contributed by atoms with van der Waals surface area (Å²) in [6.45, 7) is 0. The average Bonchev–Trinajstić information content (AvgIpc) is 2.66. The van der Waals surface area contributed by atoms with Crippen LogP contribution in [-0.4, -0.2) is 24.4 Å². The number of hydrogen-bond donors (Lipinski definition) is 2. The van der Waals surface area contributed by atoms with Crippen LogP contribution in [0.15, 0.2) is 58.8 Å². The molecule has 7 heteroatoms. The van der Waals surface area contributed by atoms with Crippen LogP contribution in [0.25, 0.3) is 10.8 Å². The van der Waals surface area contributed by atoms with Crippen molar-refractivity contribution in [1.82, 2.24) is 0 Å². The third-order valence-corrected chi connectivity index (χ3v) is 3.88. The highest BCUT2D eigenvalue weighted by molar-refractivity contribution is 6.01. The zero-order valence-corrected chi connectivity index (χ0v) is 13.8. The van der Waals surface area contributed by atoms with E-state index in [0.29, 0.717) is 17.4 Å². The second kappa shape index (κ2) is 7.02. The summed E-state index contributed by atoms with van der Waals surface area (Å²) >= 11 is 0. The number of benzene rings is 3. The number of carbonyl (C=O) groups is 2. The second-order valence-electron chi connectivity index (χ2n) is 5.45. The molecule has 3 rings (SSSR count). The van der Waals surface area contributed by atoms with Crippen molar-refractivity contribution < 1.29 is 19.4 Å². The number of aromatic hydroxyl groups is 1. The van der Waals surface area contributed by atoms with Crippen molar-refractivity contribution in [1.29, 1.82) is 0 Å². The topological polar surface area (TPSA) is 114 Å². The van der Waals surface area contributed by atoms with Crippen molar-refractivity contribution >= 4 is 34.3 Å². The highest BCUT2D eigenvalue weighted by Crippen LogP contribution is 2.39. The minimum absolute atomic E-state index is 0.0958. The Labute approximate surface area is 148 Å². The van der Waals surface area contributed by atoms with E-state index < -0.39 is 5.91 Å². The summed E-state index contributed by atoms with van der Waals surface area (Å²) < 4.78 is 5.12. The number of primary amides is 1. The fraction of sp³-hybridized carbons (Fsp3) is 0.0526. The van der Waals surface area contributed by atoms with Crippen molar-refractivity contribution in [3.8, 4) is 11.5 Å². The molecule has 0 heterocycles. The van der Waals surface area contributed by atoms with E-state index in [-0.39, 0.29) is 28.3 Å². The molecule has 0 aliphatic heterocycles. The molecule has 0 aliphatic rings. The summed E-state index contributed by atoms with van der Waals surface area (Å²) in [7, 11) is 1.48. The zero-order valence-electron chi connectivity index (χ0n) is 13.8. The minimum Gasteiger partial charge on any atom is -0.505 e. The van der Waals surface area contributed by atoms with Gasteiger partial charge >= 0.3 is 0 Å². The standard InChI is InChI=1S/C19H15N3O4/c1-26-13-6-7-15(19(20)25)16(9-13)21-22-17-14-5-3-2-4-11(14)8-12(10-23)18(17)24/h2-10,24H,1H3,(H2,20,25). The first-order chi connectivity index (χ1) is 12.5. The van der Waals surface area contributed by atoms with Gasteiger partial charge in [-0.2, -0.15) is 0 Å². The summed E-state index contributed by atoms with van der Waals surface area (Å²) in [5.41, 5.74) is 5.94. The molecule has 0 aliphatic carbocycles. The molecule has 3 aromatic rings. The Kier molecular flexibility index (Phi) is 4.62. The Bertz CT molecular complexity index is 1040. The Balaban J connectivity index is 2.19. The summed E-state index contributed by atoms with van der Waals surface area (Å²) in [5, 5.41) is 19.8. The molecule has 3 N–H and O–H groups in total. The van der Waals surface area contributed by atoms with Crippen LogP contribution >= 0.6 is 0 Å². The molecule has 130 valence electrons. The van der Waals surface area contributed by atoms with E-state index in [9.17, 15) is 14.7 Å². The zero-order chi connectivity index (χ0) is 18.7. The molecule has 0 bridgehead atoms. The van der Waals surface area contributed by atoms with E-state index in [4.69, 9.17) is 10.5 Å². The molecule has 0 atom stereocenters. The predicted molar refractivity (Wildman–Crippen MR) is 96.7 cm³/mol. The lowest BCUT2D eigenvalue weighted by Gasteiger charge is -2.07. The molecule has 0 aromatic heterocycles. The predicted octanol–water partition coefficient (Wildman–Crippen LogP) is 3.88. The number of azo groups is 1. The normalized spacial score (nSPS) is 11.0. The largest absolute Gasteiger partial charge is 0.505 e. The third-order valence-electron chi connectivity index (χ3n) is 3.88. The van der Waals surface area contributed by atoms with Crippen molar-refractivity contribution in [2.45, 2.75) is 0 Å². The van der Waals surface area contributed by atoms with Gasteiger partial charge in [0.05, 0.1) is 18.2 Å². The van der Waals surface area contributed by atoms with Crippen LogP contribution in [-0.2, 0) is 0 Å². The molecule has 0 radical (unpaired) electrons. The first-order valence-electron chi connectivity index (χ1n) is 7.64. The van der Waals surface area contributed by atoms with Crippen LogP contribution in [0.2, 0.25) is 0 Å². The molecule has 7 nitrogen and oxygen atoms in total. The summed E-state index contributed by atoms with van der Waals surface area (Å²) in [6, 6.07) is 13.3. The van der Waals surface area contributed by atoms with Crippen LogP contribution in [0.4, 0.5) is 11.4 Å². The highest BCUT2D eigenvalue weighted by Gasteiger charge is 2.13. The van der Waals surface area contributed by atoms with E-state index in [0.717, 1.165) is 5.39 Å². The Morgan fingerprint density at radius 3 is 2.62 bits per heavy atom. The number of amides is 1. The number of hydrogen-bond acceptors (Lipinski definition) is 6. The van der Waals surface area contributed by atoms with Crippen LogP contribution in [0.3, 0.4) is 0 Å². The Morgan fingerprint density at radius 2 is 1.92 bits per heavy atom. The number of carbonyl (C=O) groups excluding carboxylic acids is 2. The van der Waals surface area contributed by atoms with Crippen LogP contribution in [0, 0.1) is 0 Å². The maximum atomic E-state index is 11.6. The minimum atomic E-state index is -0.669. The van der Waals surface area contributed by atoms with E-state index in [1.165, 1.54) is 19.2 Å². The van der Waals surface area contributed by atoms with Crippen LogP contribution in [0.5, 0.6) is 11.5 Å². The van der Waals surface area contributed by atoms with Gasteiger partial charge in [-0.05, 0) is 23.6 Å². The van der Waals surface area contributed by atoms with E-state index in [1.54, 1.807) is 30.3 Å². The van der Waals surface area contributed by atoms with Gasteiger partial charge in [-0.15, -0.1) is 10.2 Å². The number of aldehydes is 1. The summed E-state index contributed by atoms with van der Waals surface area (Å²) in [5.74, 6) is -0.483. The van der Waals surface area contributed by atoms with Gasteiger partial charge in [0.25, 0.3) is 5.91 Å². The van der Waals surface area contributed by atoms with Gasteiger partial charge in [-0.25, -0.2) is 0 Å². The maximum Gasteiger partial charge on any atom is 0.250 e. The fourth-order valence-electron chi connectivity index (χ4n) is 2.56. The maximum absolute atomic E-state index is 11.6. The van der Waals surface area contributed by atoms with Crippen molar-refractivity contribution in [3.63, 3.8) is 0 Å². The van der Waals surface area contributed by atoms with Crippen molar-refractivity contribution in [2.24, 2.45) is 16.0 Å². The van der Waals surface area contributed by atoms with Gasteiger partial charge in [0.15, 0.2) is 12.0 Å². The van der Waals surface area contributed by atoms with Crippen molar-refractivity contribution in [2.75, 3.05) is 7.11 Å². The SMILES string of the molecule is COc1ccc(C(N)=O)c(N=Nc2c(O)c(C=O)cc3ccccc23)c1. The third kappa shape index (κ3) is 3.10. The number of nitrogens with two attached hydrogens (primary N) is 1. The average molecular weight is 349 g/mol. The van der Waals surface area contributed by atoms with E-state index in [1.807, 2.05) is 6.07 Å². The molecule has 1 amide bonds. The fourth-order valence-corrected chi connectivity index (χ4v) is 2.56. The molecule has 0 saturated carbocycles. The molecule has 0 saturated heterocycles. The molecule has 3 aromatic carbocycles. The van der Waals surface area contributed by atoms with E-state index in [2.05, 4.69) is 10.2 Å². The number of phenolic OH excluding ortho intramolecular Hbond substituents is 1. The molecule has 0 unspecified atom stereocenters. The first kappa shape index (κ1) is 17.1. The first-order valence-corrected chi connectivity index (χ1v) is 7.64. The summed E-state index contributed by atoms with van der Waals surface area (Å²) in [6.07, 6.45) is 0.543. The number of methoxy groups -OCH3 is 1. The van der Waals surface area contributed by atoms with Gasteiger partial charge in [-0.3, -0.25) is 9.59 Å². The Hall–Kier alpha value is -3.74. The Morgan fingerprint density at radius 1 is 1.15 bits per heavy atom. The van der Waals surface area contributed by atoms with Gasteiger partial charge in [0.2, 0.25) is 0 Å². The van der Waals surface area contributed by atoms with E-state index >= 15 is 0 Å². The van der Waals surface area contributed by atoms with Gasteiger partial charge in [0, 0.05) is 11.5 Å². The van der Waals surface area contributed by atoms with Crippen molar-refractivity contribution in [3.05, 3.63) is 59.7 Å². The van der Waals surface area contributed by atoms with Gasteiger partial charge in [-0.1, -0.05) is 24.3 Å². The number of phenols is 1. The monoisotopic (exact) mass is 349 g/mol. The second-order valence-corrected chi connectivity index (χ2v) is 5.45. The van der Waals surface area contributed by atoms with Crippen LogP contribution in [0.1, 0.15) is 20.7 Å². The number of rotatable bonds is 5. The molecule has 26 heavy (non-hydrogen) atoms. The number of fused-ring (bicyclic) bond motifs is 1. The molecular weight excluding hydrogens is 334 g/mol. The smallest absolute Gasteiger partial charge is 0.250 e.